The average Bonchev–Trinajstić information content (AvgIpc) is 2.74. The standard InChI is InChI=1S/C23H20O5/c24-14-15-27-19-10-6-17(7-11-19)22(25)16-23(26)18-8-12-21(13-9-18)28-20-4-2-1-3-5-20/h1-13,24H,14-16H2. The average molecular weight is 376 g/mol. The highest BCUT2D eigenvalue weighted by Crippen LogP contribution is 2.22. The van der Waals surface area contributed by atoms with Crippen LogP contribution in [0.3, 0.4) is 0 Å². The molecule has 3 aromatic rings. The number of aliphatic hydroxyl groups is 1. The van der Waals surface area contributed by atoms with Crippen molar-refractivity contribution in [2.45, 2.75) is 6.42 Å². The van der Waals surface area contributed by atoms with Crippen LogP contribution >= 0.6 is 0 Å². The third-order valence-corrected chi connectivity index (χ3v) is 4.01. The summed E-state index contributed by atoms with van der Waals surface area (Å²) in [5.74, 6) is 1.38. The first-order chi connectivity index (χ1) is 13.7. The molecule has 5 heteroatoms. The van der Waals surface area contributed by atoms with Crippen molar-refractivity contribution in [3.63, 3.8) is 0 Å². The van der Waals surface area contributed by atoms with Gasteiger partial charge in [0.15, 0.2) is 11.6 Å². The van der Waals surface area contributed by atoms with E-state index in [2.05, 4.69) is 0 Å². The van der Waals surface area contributed by atoms with E-state index < -0.39 is 0 Å². The summed E-state index contributed by atoms with van der Waals surface area (Å²) in [7, 11) is 0. The predicted octanol–water partition coefficient (Wildman–Crippen LogP) is 4.31. The van der Waals surface area contributed by atoms with Gasteiger partial charge in [-0.05, 0) is 60.7 Å². The van der Waals surface area contributed by atoms with E-state index in [9.17, 15) is 9.59 Å². The van der Waals surface area contributed by atoms with Crippen molar-refractivity contribution >= 4 is 11.6 Å². The maximum atomic E-state index is 12.4. The van der Waals surface area contributed by atoms with Gasteiger partial charge in [-0.25, -0.2) is 0 Å². The molecule has 0 aliphatic heterocycles. The van der Waals surface area contributed by atoms with Crippen molar-refractivity contribution < 1.29 is 24.2 Å². The zero-order valence-electron chi connectivity index (χ0n) is 15.2. The lowest BCUT2D eigenvalue weighted by atomic mass is 10.0. The Morgan fingerprint density at radius 2 is 1.18 bits per heavy atom. The SMILES string of the molecule is O=C(CC(=O)c1ccc(Oc2ccccc2)cc1)c1ccc(OCCO)cc1. The zero-order chi connectivity index (χ0) is 19.8. The molecule has 3 aromatic carbocycles. The van der Waals surface area contributed by atoms with E-state index in [0.29, 0.717) is 28.4 Å². The molecule has 0 bridgehead atoms. The summed E-state index contributed by atoms with van der Waals surface area (Å²) in [6.07, 6.45) is -0.213. The Labute approximate surface area is 163 Å². The number of aliphatic hydroxyl groups excluding tert-OH is 1. The Hall–Kier alpha value is -3.44. The zero-order valence-corrected chi connectivity index (χ0v) is 15.2. The molecular weight excluding hydrogens is 356 g/mol. The molecule has 3 rings (SSSR count). The summed E-state index contributed by atoms with van der Waals surface area (Å²) >= 11 is 0. The lowest BCUT2D eigenvalue weighted by molar-refractivity contribution is 0.0894. The van der Waals surface area contributed by atoms with Gasteiger partial charge >= 0.3 is 0 Å². The van der Waals surface area contributed by atoms with Crippen molar-refractivity contribution in [3.05, 3.63) is 90.0 Å². The normalized spacial score (nSPS) is 10.3. The molecule has 0 aliphatic carbocycles. The molecule has 0 radical (unpaired) electrons. The monoisotopic (exact) mass is 376 g/mol. The summed E-state index contributed by atoms with van der Waals surface area (Å²) in [4.78, 5) is 24.7. The first-order valence-electron chi connectivity index (χ1n) is 8.89. The number of carbonyl (C=O) groups excluding carboxylic acids is 2. The third kappa shape index (κ3) is 5.28. The second-order valence-electron chi connectivity index (χ2n) is 6.06. The number of ether oxygens (including phenoxy) is 2. The van der Waals surface area contributed by atoms with Crippen LogP contribution in [0.5, 0.6) is 17.2 Å². The maximum Gasteiger partial charge on any atom is 0.170 e. The van der Waals surface area contributed by atoms with Gasteiger partial charge in [0, 0.05) is 11.1 Å². The van der Waals surface area contributed by atoms with Crippen molar-refractivity contribution in [2.24, 2.45) is 0 Å². The Morgan fingerprint density at radius 3 is 1.71 bits per heavy atom. The topological polar surface area (TPSA) is 72.8 Å². The number of carbonyl (C=O) groups is 2. The minimum atomic E-state index is -0.261. The molecule has 0 heterocycles. The molecule has 1 N–H and O–H groups in total. The second kappa shape index (κ2) is 9.48. The molecule has 28 heavy (non-hydrogen) atoms. The number of Topliss-reactive ketones (excluding diaryl/α,β-unsaturated/α-hetero) is 2. The van der Waals surface area contributed by atoms with Gasteiger partial charge in [0.1, 0.15) is 23.9 Å². The summed E-state index contributed by atoms with van der Waals surface area (Å²) in [5, 5.41) is 8.74. The predicted molar refractivity (Wildman–Crippen MR) is 105 cm³/mol. The van der Waals surface area contributed by atoms with Gasteiger partial charge in [-0.1, -0.05) is 18.2 Å². The molecule has 0 fully saturated rings. The van der Waals surface area contributed by atoms with Crippen molar-refractivity contribution in [2.75, 3.05) is 13.2 Å². The molecule has 0 aliphatic rings. The first kappa shape index (κ1) is 19.3. The summed E-state index contributed by atoms with van der Waals surface area (Å²) in [6, 6.07) is 22.6. The summed E-state index contributed by atoms with van der Waals surface area (Å²) in [5.41, 5.74) is 0.894. The van der Waals surface area contributed by atoms with E-state index in [1.165, 1.54) is 0 Å². The fourth-order valence-corrected chi connectivity index (χ4v) is 2.58. The van der Waals surface area contributed by atoms with Gasteiger partial charge in [-0.2, -0.15) is 0 Å². The van der Waals surface area contributed by atoms with Crippen LogP contribution in [-0.2, 0) is 0 Å². The summed E-state index contributed by atoms with van der Waals surface area (Å²) < 4.78 is 11.0. The van der Waals surface area contributed by atoms with Gasteiger partial charge in [0.25, 0.3) is 0 Å². The molecule has 0 unspecified atom stereocenters. The molecule has 0 amide bonds. The van der Waals surface area contributed by atoms with E-state index in [0.717, 1.165) is 0 Å². The Kier molecular flexibility index (Phi) is 6.54. The van der Waals surface area contributed by atoms with Crippen LogP contribution in [-0.4, -0.2) is 29.9 Å². The fraction of sp³-hybridized carbons (Fsp3) is 0.130. The van der Waals surface area contributed by atoms with Crippen LogP contribution in [0, 0.1) is 0 Å². The van der Waals surface area contributed by atoms with E-state index in [1.54, 1.807) is 48.5 Å². The quantitative estimate of drug-likeness (QED) is 0.445. The van der Waals surface area contributed by atoms with Gasteiger partial charge in [-0.3, -0.25) is 9.59 Å². The van der Waals surface area contributed by atoms with Crippen molar-refractivity contribution in [3.8, 4) is 17.2 Å². The van der Waals surface area contributed by atoms with Crippen LogP contribution < -0.4 is 9.47 Å². The Morgan fingerprint density at radius 1 is 0.679 bits per heavy atom. The van der Waals surface area contributed by atoms with E-state index >= 15 is 0 Å². The van der Waals surface area contributed by atoms with Gasteiger partial charge in [-0.15, -0.1) is 0 Å². The van der Waals surface area contributed by atoms with Gasteiger partial charge < -0.3 is 14.6 Å². The van der Waals surface area contributed by atoms with E-state index in [4.69, 9.17) is 14.6 Å². The Bertz CT molecular complexity index is 915. The van der Waals surface area contributed by atoms with E-state index in [1.807, 2.05) is 30.3 Å². The van der Waals surface area contributed by atoms with Gasteiger partial charge in [0.05, 0.1) is 13.0 Å². The minimum Gasteiger partial charge on any atom is -0.491 e. The number of para-hydroxylation sites is 1. The van der Waals surface area contributed by atoms with Gasteiger partial charge in [0.2, 0.25) is 0 Å². The minimum absolute atomic E-state index is 0.0790. The number of rotatable bonds is 9. The molecule has 142 valence electrons. The second-order valence-corrected chi connectivity index (χ2v) is 6.06. The van der Waals surface area contributed by atoms with Crippen LogP contribution in [0.25, 0.3) is 0 Å². The van der Waals surface area contributed by atoms with Crippen LogP contribution in [0.15, 0.2) is 78.9 Å². The molecule has 0 atom stereocenters. The molecule has 0 aromatic heterocycles. The summed E-state index contributed by atoms with van der Waals surface area (Å²) in [6.45, 7) is 0.111. The van der Waals surface area contributed by atoms with Crippen LogP contribution in [0.1, 0.15) is 27.1 Å². The largest absolute Gasteiger partial charge is 0.491 e. The number of benzene rings is 3. The highest BCUT2D eigenvalue weighted by atomic mass is 16.5. The number of ketones is 2. The fourth-order valence-electron chi connectivity index (χ4n) is 2.58. The molecule has 5 nitrogen and oxygen atoms in total. The van der Waals surface area contributed by atoms with Crippen LogP contribution in [0.4, 0.5) is 0 Å². The smallest absolute Gasteiger partial charge is 0.170 e. The number of hydrogen-bond donors (Lipinski definition) is 1. The van der Waals surface area contributed by atoms with E-state index in [-0.39, 0.29) is 31.2 Å². The highest BCUT2D eigenvalue weighted by molar-refractivity contribution is 6.13. The Balaban J connectivity index is 1.58. The third-order valence-electron chi connectivity index (χ3n) is 4.01. The molecule has 0 saturated heterocycles. The highest BCUT2D eigenvalue weighted by Gasteiger charge is 2.14. The van der Waals surface area contributed by atoms with Crippen LogP contribution in [0.2, 0.25) is 0 Å². The number of hydrogen-bond acceptors (Lipinski definition) is 5. The van der Waals surface area contributed by atoms with Crippen molar-refractivity contribution in [1.82, 2.24) is 0 Å². The van der Waals surface area contributed by atoms with Crippen molar-refractivity contribution in [1.29, 1.82) is 0 Å². The lowest BCUT2D eigenvalue weighted by Crippen LogP contribution is -2.09. The lowest BCUT2D eigenvalue weighted by Gasteiger charge is -2.07. The maximum absolute atomic E-state index is 12.4. The first-order valence-corrected chi connectivity index (χ1v) is 8.89. The molecule has 0 spiro atoms. The molecule has 0 saturated carbocycles. The molecular formula is C23H20O5.